The Morgan fingerprint density at radius 2 is 2.04 bits per heavy atom. The van der Waals surface area contributed by atoms with E-state index in [1.165, 1.54) is 0 Å². The van der Waals surface area contributed by atoms with Gasteiger partial charge < -0.3 is 14.3 Å². The number of carbonyl (C=O) groups is 2. The van der Waals surface area contributed by atoms with Gasteiger partial charge in [0.25, 0.3) is 0 Å². The van der Waals surface area contributed by atoms with Gasteiger partial charge in [0, 0.05) is 0 Å². The maximum atomic E-state index is 11.4. The quantitative estimate of drug-likeness (QED) is 0.661. The molecule has 0 aliphatic heterocycles. The molecule has 124 valence electrons. The number of ether oxygens (including phenoxy) is 2. The number of nitrogens with zero attached hydrogens (tertiary/aromatic N) is 1. The van der Waals surface area contributed by atoms with Crippen molar-refractivity contribution in [3.63, 3.8) is 0 Å². The summed E-state index contributed by atoms with van der Waals surface area (Å²) in [5.74, 6) is -0.0328. The molecule has 7 nitrogen and oxygen atoms in total. The Labute approximate surface area is 135 Å². The first-order chi connectivity index (χ1) is 10.8. The lowest BCUT2D eigenvalue weighted by atomic mass is 10.2. The van der Waals surface area contributed by atoms with Crippen LogP contribution in [0.2, 0.25) is 0 Å². The van der Waals surface area contributed by atoms with Crippen LogP contribution in [0.3, 0.4) is 0 Å². The molecule has 0 unspecified atom stereocenters. The highest BCUT2D eigenvalue weighted by Crippen LogP contribution is 2.13. The van der Waals surface area contributed by atoms with Gasteiger partial charge in [0.1, 0.15) is 11.4 Å². The molecule has 1 amide bonds. The topological polar surface area (TPSA) is 97.7 Å². The smallest absolute Gasteiger partial charge is 0.441 e. The molecule has 0 saturated carbocycles. The normalized spacial score (nSPS) is 10.3. The second kappa shape index (κ2) is 8.63. The zero-order chi connectivity index (χ0) is 17.3. The van der Waals surface area contributed by atoms with Crippen LogP contribution in [-0.2, 0) is 14.4 Å². The minimum atomic E-state index is -0.824. The zero-order valence-electron chi connectivity index (χ0n) is 13.4. The Balaban J connectivity index is 2.19. The van der Waals surface area contributed by atoms with E-state index in [9.17, 15) is 9.59 Å². The number of nitriles is 1. The molecule has 0 bridgehead atoms. The summed E-state index contributed by atoms with van der Waals surface area (Å²) in [5.41, 5.74) is 1.76. The average molecular weight is 320 g/mol. The Bertz CT molecular complexity index is 587. The van der Waals surface area contributed by atoms with Gasteiger partial charge in [0.05, 0.1) is 24.7 Å². The van der Waals surface area contributed by atoms with Crippen molar-refractivity contribution in [2.24, 2.45) is 0 Å². The highest BCUT2D eigenvalue weighted by molar-refractivity contribution is 5.73. The number of rotatable bonds is 5. The lowest BCUT2D eigenvalue weighted by Crippen LogP contribution is -2.34. The van der Waals surface area contributed by atoms with E-state index < -0.39 is 17.7 Å². The Hall–Kier alpha value is -2.75. The van der Waals surface area contributed by atoms with Crippen LogP contribution in [0.4, 0.5) is 4.79 Å². The van der Waals surface area contributed by atoms with Gasteiger partial charge in [0.2, 0.25) is 0 Å². The molecule has 0 fully saturated rings. The van der Waals surface area contributed by atoms with Crippen LogP contribution < -0.4 is 10.2 Å². The fourth-order valence-corrected chi connectivity index (χ4v) is 1.51. The van der Waals surface area contributed by atoms with Gasteiger partial charge in [-0.3, -0.25) is 0 Å². The van der Waals surface area contributed by atoms with Crippen molar-refractivity contribution in [3.05, 3.63) is 29.8 Å². The van der Waals surface area contributed by atoms with Crippen LogP contribution in [0, 0.1) is 11.3 Å². The van der Waals surface area contributed by atoms with Gasteiger partial charge in [0.15, 0.2) is 0 Å². The van der Waals surface area contributed by atoms with Gasteiger partial charge in [-0.25, -0.2) is 9.59 Å². The standard InChI is InChI=1S/C16H20N2O5/c1-16(2,3)22-15(20)18-23-14(19)8-5-9-21-13-7-4-6-12(10-13)11-17/h4,6-7,10H,5,8-9H2,1-3H3,(H,18,20). The van der Waals surface area contributed by atoms with Crippen molar-refractivity contribution in [1.29, 1.82) is 5.26 Å². The zero-order valence-corrected chi connectivity index (χ0v) is 13.4. The first kappa shape index (κ1) is 18.3. The molecule has 0 atom stereocenters. The number of benzene rings is 1. The summed E-state index contributed by atoms with van der Waals surface area (Å²) in [6, 6.07) is 8.74. The molecule has 1 N–H and O–H groups in total. The summed E-state index contributed by atoms with van der Waals surface area (Å²) in [7, 11) is 0. The highest BCUT2D eigenvalue weighted by Gasteiger charge is 2.17. The van der Waals surface area contributed by atoms with Gasteiger partial charge in [-0.2, -0.15) is 5.26 Å². The van der Waals surface area contributed by atoms with E-state index in [0.717, 1.165) is 0 Å². The molecule has 0 aromatic heterocycles. The fourth-order valence-electron chi connectivity index (χ4n) is 1.51. The molecule has 23 heavy (non-hydrogen) atoms. The summed E-state index contributed by atoms with van der Waals surface area (Å²) in [5, 5.41) is 8.77. The van der Waals surface area contributed by atoms with E-state index >= 15 is 0 Å². The largest absolute Gasteiger partial charge is 0.494 e. The molecule has 0 spiro atoms. The summed E-state index contributed by atoms with van der Waals surface area (Å²) in [4.78, 5) is 27.3. The van der Waals surface area contributed by atoms with Crippen LogP contribution >= 0.6 is 0 Å². The monoisotopic (exact) mass is 320 g/mol. The summed E-state index contributed by atoms with van der Waals surface area (Å²) < 4.78 is 10.3. The molecular formula is C16H20N2O5. The molecule has 1 aromatic carbocycles. The van der Waals surface area contributed by atoms with Crippen LogP contribution in [0.5, 0.6) is 5.75 Å². The Morgan fingerprint density at radius 1 is 1.30 bits per heavy atom. The first-order valence-electron chi connectivity index (χ1n) is 7.12. The van der Waals surface area contributed by atoms with Crippen LogP contribution in [0.25, 0.3) is 0 Å². The van der Waals surface area contributed by atoms with Crippen LogP contribution in [0.1, 0.15) is 39.2 Å². The van der Waals surface area contributed by atoms with Crippen molar-refractivity contribution in [2.75, 3.05) is 6.61 Å². The van der Waals surface area contributed by atoms with E-state index in [2.05, 4.69) is 4.84 Å². The maximum Gasteiger partial charge on any atom is 0.441 e. The lowest BCUT2D eigenvalue weighted by Gasteiger charge is -2.19. The third-order valence-corrected chi connectivity index (χ3v) is 2.40. The molecule has 0 saturated heterocycles. The number of hydrogen-bond acceptors (Lipinski definition) is 6. The van der Waals surface area contributed by atoms with Crippen LogP contribution in [0.15, 0.2) is 24.3 Å². The Morgan fingerprint density at radius 3 is 2.70 bits per heavy atom. The number of amides is 1. The Kier molecular flexibility index (Phi) is 6.87. The third kappa shape index (κ3) is 8.31. The summed E-state index contributed by atoms with van der Waals surface area (Å²) in [6.07, 6.45) is -0.338. The SMILES string of the molecule is CC(C)(C)OC(=O)NOC(=O)CCCOc1cccc(C#N)c1. The molecule has 0 radical (unpaired) electrons. The predicted octanol–water partition coefficient (Wildman–Crippen LogP) is 2.70. The maximum absolute atomic E-state index is 11.4. The van der Waals surface area contributed by atoms with Crippen LogP contribution in [-0.4, -0.2) is 24.3 Å². The minimum absolute atomic E-state index is 0.0771. The van der Waals surface area contributed by atoms with Gasteiger partial charge in [-0.05, 0) is 45.4 Å². The average Bonchev–Trinajstić information content (AvgIpc) is 2.48. The molecule has 1 rings (SSSR count). The number of hydrogen-bond donors (Lipinski definition) is 1. The van der Waals surface area contributed by atoms with E-state index in [4.69, 9.17) is 14.7 Å². The highest BCUT2D eigenvalue weighted by atomic mass is 16.7. The van der Waals surface area contributed by atoms with E-state index in [0.29, 0.717) is 17.7 Å². The third-order valence-electron chi connectivity index (χ3n) is 2.40. The van der Waals surface area contributed by atoms with E-state index in [1.54, 1.807) is 45.0 Å². The minimum Gasteiger partial charge on any atom is -0.494 e. The van der Waals surface area contributed by atoms with Crippen molar-refractivity contribution >= 4 is 12.1 Å². The van der Waals surface area contributed by atoms with Gasteiger partial charge in [-0.15, -0.1) is 5.48 Å². The predicted molar refractivity (Wildman–Crippen MR) is 81.3 cm³/mol. The molecule has 1 aromatic rings. The number of hydroxylamine groups is 1. The fraction of sp³-hybridized carbons (Fsp3) is 0.438. The molecular weight excluding hydrogens is 300 g/mol. The second-order valence-corrected chi connectivity index (χ2v) is 5.67. The van der Waals surface area contributed by atoms with Gasteiger partial charge in [-0.1, -0.05) is 6.07 Å². The summed E-state index contributed by atoms with van der Waals surface area (Å²) >= 11 is 0. The van der Waals surface area contributed by atoms with Gasteiger partial charge >= 0.3 is 12.1 Å². The first-order valence-corrected chi connectivity index (χ1v) is 7.12. The lowest BCUT2D eigenvalue weighted by molar-refractivity contribution is -0.150. The second-order valence-electron chi connectivity index (χ2n) is 5.67. The van der Waals surface area contributed by atoms with E-state index in [-0.39, 0.29) is 13.0 Å². The number of carbonyl (C=O) groups excluding carboxylic acids is 2. The van der Waals surface area contributed by atoms with E-state index in [1.807, 2.05) is 11.5 Å². The molecule has 0 heterocycles. The van der Waals surface area contributed by atoms with Crippen molar-refractivity contribution in [1.82, 2.24) is 5.48 Å². The molecule has 7 heteroatoms. The molecule has 0 aliphatic rings. The van der Waals surface area contributed by atoms with Crippen molar-refractivity contribution < 1.29 is 23.9 Å². The summed E-state index contributed by atoms with van der Waals surface area (Å²) in [6.45, 7) is 5.39. The number of nitrogens with one attached hydrogen (secondary N) is 1. The van der Waals surface area contributed by atoms with Crippen molar-refractivity contribution in [3.8, 4) is 11.8 Å². The molecule has 0 aliphatic carbocycles. The van der Waals surface area contributed by atoms with Crippen molar-refractivity contribution in [2.45, 2.75) is 39.2 Å².